The predicted octanol–water partition coefficient (Wildman–Crippen LogP) is 4.31. The van der Waals surface area contributed by atoms with Gasteiger partial charge in [0.15, 0.2) is 11.5 Å². The summed E-state index contributed by atoms with van der Waals surface area (Å²) in [6, 6.07) is 20.8. The van der Waals surface area contributed by atoms with Crippen LogP contribution in [0.25, 0.3) is 0 Å². The lowest BCUT2D eigenvalue weighted by Gasteiger charge is -2.31. The molecule has 6 nitrogen and oxygen atoms in total. The van der Waals surface area contributed by atoms with Crippen LogP contribution >= 0.6 is 0 Å². The van der Waals surface area contributed by atoms with E-state index in [4.69, 9.17) is 9.47 Å². The summed E-state index contributed by atoms with van der Waals surface area (Å²) in [7, 11) is 0. The zero-order valence-electron chi connectivity index (χ0n) is 20.4. The molecule has 0 aromatic heterocycles. The minimum atomic E-state index is -0.778. The third-order valence-electron chi connectivity index (χ3n) is 6.15. The lowest BCUT2D eigenvalue weighted by atomic mass is 10.0. The topological polar surface area (TPSA) is 67.9 Å². The van der Waals surface area contributed by atoms with E-state index >= 15 is 0 Å². The van der Waals surface area contributed by atoms with Crippen LogP contribution in [0.4, 0.5) is 4.39 Å². The number of nitrogens with one attached hydrogen (secondary N) is 1. The quantitative estimate of drug-likeness (QED) is 0.460. The van der Waals surface area contributed by atoms with Crippen molar-refractivity contribution in [2.75, 3.05) is 19.8 Å². The van der Waals surface area contributed by atoms with Crippen molar-refractivity contribution < 1.29 is 23.5 Å². The molecule has 2 amide bonds. The first kappa shape index (κ1) is 25.2. The van der Waals surface area contributed by atoms with Gasteiger partial charge in [0.1, 0.15) is 25.1 Å². The highest BCUT2D eigenvalue weighted by Crippen LogP contribution is 2.31. The third kappa shape index (κ3) is 6.42. The molecule has 1 atom stereocenters. The minimum Gasteiger partial charge on any atom is -0.486 e. The average Bonchev–Trinajstić information content (AvgIpc) is 2.91. The molecular weight excluding hydrogens is 459 g/mol. The highest BCUT2D eigenvalue weighted by molar-refractivity contribution is 5.88. The average molecular weight is 491 g/mol. The molecule has 3 aromatic carbocycles. The van der Waals surface area contributed by atoms with Gasteiger partial charge in [0.05, 0.1) is 0 Å². The first-order valence-corrected chi connectivity index (χ1v) is 12.3. The fraction of sp³-hybridized carbons (Fsp3) is 0.310. The second-order valence-corrected chi connectivity index (χ2v) is 8.69. The number of fused-ring (bicyclic) bond motifs is 1. The van der Waals surface area contributed by atoms with Crippen LogP contribution in [0.1, 0.15) is 30.0 Å². The molecule has 4 rings (SSSR count). The molecule has 1 heterocycles. The van der Waals surface area contributed by atoms with Gasteiger partial charge in [-0.1, -0.05) is 54.6 Å². The van der Waals surface area contributed by atoms with Gasteiger partial charge in [0.25, 0.3) is 0 Å². The molecule has 0 saturated carbocycles. The van der Waals surface area contributed by atoms with E-state index in [1.165, 1.54) is 11.0 Å². The number of amides is 2. The highest BCUT2D eigenvalue weighted by atomic mass is 19.1. The van der Waals surface area contributed by atoms with Crippen molar-refractivity contribution in [3.05, 3.63) is 95.3 Å². The lowest BCUT2D eigenvalue weighted by Crippen LogP contribution is -2.50. The Morgan fingerprint density at radius 3 is 2.42 bits per heavy atom. The molecule has 1 N–H and O–H groups in total. The molecule has 0 unspecified atom stereocenters. The van der Waals surface area contributed by atoms with Crippen LogP contribution in [0.15, 0.2) is 72.8 Å². The summed E-state index contributed by atoms with van der Waals surface area (Å²) in [6.07, 6.45) is 0.951. The van der Waals surface area contributed by atoms with Crippen LogP contribution in [0.5, 0.6) is 11.5 Å². The number of carbonyl (C=O) groups excluding carboxylic acids is 2. The number of likely N-dealkylation sites (N-methyl/N-ethyl adjacent to an activating group) is 1. The number of ether oxygens (including phenoxy) is 2. The first-order valence-electron chi connectivity index (χ1n) is 12.3. The summed E-state index contributed by atoms with van der Waals surface area (Å²) >= 11 is 0. The zero-order valence-corrected chi connectivity index (χ0v) is 20.4. The fourth-order valence-corrected chi connectivity index (χ4v) is 4.29. The van der Waals surface area contributed by atoms with Crippen LogP contribution < -0.4 is 14.8 Å². The van der Waals surface area contributed by atoms with Gasteiger partial charge in [0.2, 0.25) is 11.8 Å². The number of hydrogen-bond donors (Lipinski definition) is 1. The van der Waals surface area contributed by atoms with Gasteiger partial charge in [-0.2, -0.15) is 0 Å². The van der Waals surface area contributed by atoms with E-state index < -0.39 is 11.9 Å². The van der Waals surface area contributed by atoms with Crippen LogP contribution in [-0.2, 0) is 29.0 Å². The lowest BCUT2D eigenvalue weighted by molar-refractivity contribution is -0.141. The van der Waals surface area contributed by atoms with E-state index in [0.29, 0.717) is 49.7 Å². The number of hydrogen-bond acceptors (Lipinski definition) is 4. The summed E-state index contributed by atoms with van der Waals surface area (Å²) in [4.78, 5) is 28.3. The molecule has 1 aliphatic heterocycles. The maximum absolute atomic E-state index is 14.6. The minimum absolute atomic E-state index is 0.00127. The molecule has 1 aliphatic rings. The van der Waals surface area contributed by atoms with E-state index in [0.717, 1.165) is 11.1 Å². The molecule has 3 aromatic rings. The number of benzene rings is 3. The number of rotatable bonds is 10. The molecule has 0 aliphatic carbocycles. The van der Waals surface area contributed by atoms with Crippen molar-refractivity contribution >= 4 is 11.8 Å². The summed E-state index contributed by atoms with van der Waals surface area (Å²) in [5, 5.41) is 2.85. The van der Waals surface area contributed by atoms with E-state index in [2.05, 4.69) is 5.32 Å². The SMILES string of the molecule is CCNC(=O)[C@H](Cc1ccccc1)N(Cc1ccccc1F)C(=O)CCc1ccc2c(c1)OCCO2. The van der Waals surface area contributed by atoms with Gasteiger partial charge < -0.3 is 19.7 Å². The number of carbonyl (C=O) groups is 2. The largest absolute Gasteiger partial charge is 0.486 e. The summed E-state index contributed by atoms with van der Waals surface area (Å²) in [6.45, 7) is 3.27. The van der Waals surface area contributed by atoms with Crippen molar-refractivity contribution in [2.45, 2.75) is 38.8 Å². The van der Waals surface area contributed by atoms with Crippen molar-refractivity contribution in [1.29, 1.82) is 0 Å². The Morgan fingerprint density at radius 1 is 0.944 bits per heavy atom. The van der Waals surface area contributed by atoms with Crippen LogP contribution in [0, 0.1) is 5.82 Å². The fourth-order valence-electron chi connectivity index (χ4n) is 4.29. The van der Waals surface area contributed by atoms with Gasteiger partial charge in [-0.05, 0) is 42.7 Å². The Kier molecular flexibility index (Phi) is 8.55. The smallest absolute Gasteiger partial charge is 0.243 e. The number of aryl methyl sites for hydroxylation is 1. The van der Waals surface area contributed by atoms with Crippen molar-refractivity contribution in [3.63, 3.8) is 0 Å². The van der Waals surface area contributed by atoms with Crippen molar-refractivity contribution in [3.8, 4) is 11.5 Å². The van der Waals surface area contributed by atoms with Crippen molar-refractivity contribution in [2.24, 2.45) is 0 Å². The number of halogens is 1. The third-order valence-corrected chi connectivity index (χ3v) is 6.15. The normalized spacial score (nSPS) is 13.1. The second-order valence-electron chi connectivity index (χ2n) is 8.69. The van der Waals surface area contributed by atoms with E-state index in [1.54, 1.807) is 18.2 Å². The van der Waals surface area contributed by atoms with Gasteiger partial charge in [-0.25, -0.2) is 4.39 Å². The standard InChI is InChI=1S/C29H31FN2O4/c1-2-31-29(34)25(18-21-8-4-3-5-9-21)32(20-23-10-6-7-11-24(23)30)28(33)15-13-22-12-14-26-27(19-22)36-17-16-35-26/h3-12,14,19,25H,2,13,15-18,20H2,1H3,(H,31,34)/t25-/m0/s1. The molecule has 0 fully saturated rings. The molecule has 188 valence electrons. The summed E-state index contributed by atoms with van der Waals surface area (Å²) in [5.74, 6) is 0.470. The Labute approximate surface area is 211 Å². The highest BCUT2D eigenvalue weighted by Gasteiger charge is 2.30. The van der Waals surface area contributed by atoms with E-state index in [-0.39, 0.29) is 24.8 Å². The van der Waals surface area contributed by atoms with Gasteiger partial charge in [0, 0.05) is 31.5 Å². The molecular formula is C29H31FN2O4. The first-order chi connectivity index (χ1) is 17.5. The molecule has 0 spiro atoms. The Morgan fingerprint density at radius 2 is 1.67 bits per heavy atom. The van der Waals surface area contributed by atoms with Crippen LogP contribution in [-0.4, -0.2) is 42.5 Å². The molecule has 36 heavy (non-hydrogen) atoms. The van der Waals surface area contributed by atoms with Crippen molar-refractivity contribution in [1.82, 2.24) is 10.2 Å². The molecule has 0 radical (unpaired) electrons. The molecule has 0 bridgehead atoms. The summed E-state index contributed by atoms with van der Waals surface area (Å²) < 4.78 is 25.8. The monoisotopic (exact) mass is 490 g/mol. The van der Waals surface area contributed by atoms with Gasteiger partial charge in [-0.15, -0.1) is 0 Å². The van der Waals surface area contributed by atoms with Crippen LogP contribution in [0.3, 0.4) is 0 Å². The second kappa shape index (κ2) is 12.2. The summed E-state index contributed by atoms with van der Waals surface area (Å²) in [5.41, 5.74) is 2.22. The van der Waals surface area contributed by atoms with Gasteiger partial charge in [-0.3, -0.25) is 9.59 Å². The Hall–Kier alpha value is -3.87. The zero-order chi connectivity index (χ0) is 25.3. The van der Waals surface area contributed by atoms with E-state index in [9.17, 15) is 14.0 Å². The predicted molar refractivity (Wildman–Crippen MR) is 135 cm³/mol. The molecule has 0 saturated heterocycles. The Balaban J connectivity index is 1.58. The van der Waals surface area contributed by atoms with E-state index in [1.807, 2.05) is 55.5 Å². The van der Waals surface area contributed by atoms with Gasteiger partial charge >= 0.3 is 0 Å². The number of nitrogens with zero attached hydrogens (tertiary/aromatic N) is 1. The molecule has 7 heteroatoms. The maximum Gasteiger partial charge on any atom is 0.243 e. The maximum atomic E-state index is 14.6. The van der Waals surface area contributed by atoms with Crippen LogP contribution in [0.2, 0.25) is 0 Å². The Bertz CT molecular complexity index is 1180.